The van der Waals surface area contributed by atoms with Crippen LogP contribution in [0.2, 0.25) is 10.0 Å². The van der Waals surface area contributed by atoms with E-state index in [1.165, 1.54) is 12.4 Å². The number of fused-ring (bicyclic) bond motifs is 1. The fraction of sp³-hybridized carbons (Fsp3) is 0.190. The highest BCUT2D eigenvalue weighted by Gasteiger charge is 2.19. The molecule has 1 aliphatic rings. The molecule has 2 aromatic heterocycles. The first-order chi connectivity index (χ1) is 14.4. The van der Waals surface area contributed by atoms with E-state index in [1.54, 1.807) is 24.4 Å². The average molecular weight is 444 g/mol. The maximum absolute atomic E-state index is 8.67. The van der Waals surface area contributed by atoms with E-state index in [-0.39, 0.29) is 12.3 Å². The summed E-state index contributed by atoms with van der Waals surface area (Å²) in [5.41, 5.74) is 9.52. The normalized spacial score (nSPS) is 12.8. The Morgan fingerprint density at radius 3 is 2.77 bits per heavy atom. The number of hydrogen-bond donors (Lipinski definition) is 2. The molecule has 0 spiro atoms. The first-order valence-corrected chi connectivity index (χ1v) is 9.93. The van der Waals surface area contributed by atoms with Gasteiger partial charge in [-0.05, 0) is 24.3 Å². The summed E-state index contributed by atoms with van der Waals surface area (Å²) < 4.78 is 11.4. The van der Waals surface area contributed by atoms with Crippen LogP contribution in [-0.4, -0.2) is 35.9 Å². The highest BCUT2D eigenvalue weighted by Crippen LogP contribution is 2.31. The number of nitrogens with zero attached hydrogens (tertiary/aromatic N) is 3. The van der Waals surface area contributed by atoms with Gasteiger partial charge in [0.2, 0.25) is 5.88 Å². The molecule has 3 aromatic rings. The minimum Gasteiger partial charge on any atom is -0.489 e. The third-order valence-electron chi connectivity index (χ3n) is 4.83. The predicted octanol–water partition coefficient (Wildman–Crippen LogP) is 4.19. The lowest BCUT2D eigenvalue weighted by Gasteiger charge is -2.27. The second-order valence-electron chi connectivity index (χ2n) is 6.81. The average Bonchev–Trinajstić information content (AvgIpc) is 2.74. The van der Waals surface area contributed by atoms with E-state index in [0.717, 1.165) is 12.2 Å². The molecule has 0 radical (unpaired) electrons. The van der Waals surface area contributed by atoms with Crippen LogP contribution in [0.15, 0.2) is 42.9 Å². The molecule has 0 bridgehead atoms. The van der Waals surface area contributed by atoms with E-state index >= 15 is 0 Å². The summed E-state index contributed by atoms with van der Waals surface area (Å²) in [7, 11) is 1.97. The first kappa shape index (κ1) is 20.3. The Balaban J connectivity index is 1.59. The van der Waals surface area contributed by atoms with Crippen LogP contribution < -0.4 is 20.1 Å². The van der Waals surface area contributed by atoms with Crippen LogP contribution in [-0.2, 0) is 6.61 Å². The molecule has 0 aliphatic carbocycles. The highest BCUT2D eigenvalue weighted by molar-refractivity contribution is 6.35. The van der Waals surface area contributed by atoms with E-state index in [2.05, 4.69) is 9.97 Å². The Morgan fingerprint density at radius 2 is 2.00 bits per heavy atom. The first-order valence-electron chi connectivity index (χ1n) is 9.17. The maximum Gasteiger partial charge on any atom is 0.237 e. The Labute approximate surface area is 183 Å². The minimum atomic E-state index is 0.166. The van der Waals surface area contributed by atoms with Crippen molar-refractivity contribution in [2.24, 2.45) is 0 Å². The van der Waals surface area contributed by atoms with Crippen molar-refractivity contribution in [1.29, 1.82) is 5.41 Å². The van der Waals surface area contributed by atoms with Crippen LogP contribution >= 0.6 is 23.2 Å². The number of halogens is 2. The number of hydrogen-bond acceptors (Lipinski definition) is 7. The lowest BCUT2D eigenvalue weighted by atomic mass is 10.0. The molecule has 1 aliphatic heterocycles. The van der Waals surface area contributed by atoms with Crippen molar-refractivity contribution in [3.8, 4) is 11.6 Å². The van der Waals surface area contributed by atoms with Gasteiger partial charge in [0.25, 0.3) is 0 Å². The van der Waals surface area contributed by atoms with Gasteiger partial charge >= 0.3 is 0 Å². The molecule has 7 nitrogen and oxygen atoms in total. The summed E-state index contributed by atoms with van der Waals surface area (Å²) >= 11 is 12.3. The van der Waals surface area contributed by atoms with Gasteiger partial charge in [-0.2, -0.15) is 0 Å². The van der Waals surface area contributed by atoms with Crippen molar-refractivity contribution < 1.29 is 9.47 Å². The summed E-state index contributed by atoms with van der Waals surface area (Å²) in [6.07, 6.45) is 4.64. The van der Waals surface area contributed by atoms with Crippen LogP contribution in [0, 0.1) is 5.41 Å². The van der Waals surface area contributed by atoms with E-state index in [4.69, 9.17) is 43.8 Å². The number of pyridine rings is 2. The molecule has 0 fully saturated rings. The smallest absolute Gasteiger partial charge is 0.237 e. The van der Waals surface area contributed by atoms with Gasteiger partial charge in [-0.3, -0.25) is 10.4 Å². The number of ether oxygens (including phenoxy) is 2. The van der Waals surface area contributed by atoms with Gasteiger partial charge in [-0.1, -0.05) is 23.2 Å². The van der Waals surface area contributed by atoms with Crippen molar-refractivity contribution >= 4 is 40.3 Å². The maximum atomic E-state index is 8.67. The Kier molecular flexibility index (Phi) is 5.65. The molecule has 4 rings (SSSR count). The molecule has 0 saturated carbocycles. The summed E-state index contributed by atoms with van der Waals surface area (Å²) in [4.78, 5) is 10.3. The lowest BCUT2D eigenvalue weighted by molar-refractivity contribution is 0.299. The monoisotopic (exact) mass is 443 g/mol. The van der Waals surface area contributed by atoms with E-state index in [1.807, 2.05) is 18.0 Å². The fourth-order valence-corrected chi connectivity index (χ4v) is 3.56. The van der Waals surface area contributed by atoms with Crippen LogP contribution in [0.3, 0.4) is 0 Å². The zero-order valence-electron chi connectivity index (χ0n) is 16.2. The zero-order chi connectivity index (χ0) is 21.3. The van der Waals surface area contributed by atoms with Crippen molar-refractivity contribution in [2.75, 3.05) is 30.8 Å². The van der Waals surface area contributed by atoms with E-state index in [0.29, 0.717) is 50.7 Å². The lowest BCUT2D eigenvalue weighted by Crippen LogP contribution is -2.29. The van der Waals surface area contributed by atoms with Gasteiger partial charge in [-0.25, -0.2) is 4.98 Å². The zero-order valence-corrected chi connectivity index (χ0v) is 17.7. The highest BCUT2D eigenvalue weighted by atomic mass is 35.5. The number of nitrogens with two attached hydrogens (primary N) is 1. The van der Waals surface area contributed by atoms with Crippen LogP contribution in [0.4, 0.5) is 11.4 Å². The largest absolute Gasteiger partial charge is 0.489 e. The number of benzene rings is 1. The summed E-state index contributed by atoms with van der Waals surface area (Å²) in [6.45, 7) is 1.52. The SMILES string of the molecule is CN1CCOc2ncc(C(=N)c3cc(OCc4c(Cl)cncc4Cl)ccc3N)cc21. The molecule has 0 amide bonds. The molecule has 0 unspecified atom stereocenters. The van der Waals surface area contributed by atoms with Crippen molar-refractivity contribution in [3.05, 3.63) is 69.6 Å². The predicted molar refractivity (Wildman–Crippen MR) is 118 cm³/mol. The summed E-state index contributed by atoms with van der Waals surface area (Å²) in [5.74, 6) is 1.11. The van der Waals surface area contributed by atoms with Crippen LogP contribution in [0.1, 0.15) is 16.7 Å². The molecule has 0 atom stereocenters. The van der Waals surface area contributed by atoms with Gasteiger partial charge in [0, 0.05) is 48.0 Å². The van der Waals surface area contributed by atoms with Gasteiger partial charge in [0.15, 0.2) is 0 Å². The van der Waals surface area contributed by atoms with Crippen molar-refractivity contribution in [2.45, 2.75) is 6.61 Å². The quantitative estimate of drug-likeness (QED) is 0.453. The fourth-order valence-electron chi connectivity index (χ4n) is 3.09. The topological polar surface area (TPSA) is 97.3 Å². The number of nitrogens with one attached hydrogen (secondary N) is 1. The summed E-state index contributed by atoms with van der Waals surface area (Å²) in [6, 6.07) is 7.05. The molecule has 3 N–H and O–H groups in total. The van der Waals surface area contributed by atoms with Gasteiger partial charge < -0.3 is 20.1 Å². The minimum absolute atomic E-state index is 0.166. The molecule has 9 heteroatoms. The number of nitrogen functional groups attached to an aromatic ring is 1. The molecule has 30 heavy (non-hydrogen) atoms. The van der Waals surface area contributed by atoms with Crippen LogP contribution in [0.25, 0.3) is 0 Å². The van der Waals surface area contributed by atoms with Gasteiger partial charge in [0.1, 0.15) is 24.7 Å². The molecule has 0 saturated heterocycles. The molecule has 1 aromatic carbocycles. The van der Waals surface area contributed by atoms with E-state index in [9.17, 15) is 0 Å². The molecule has 154 valence electrons. The number of anilines is 2. The van der Waals surface area contributed by atoms with Crippen molar-refractivity contribution in [3.63, 3.8) is 0 Å². The number of likely N-dealkylation sites (N-methyl/N-ethyl adjacent to an activating group) is 1. The standard InChI is InChI=1S/C21H19Cl2N5O2/c1-28-4-5-29-21-19(28)6-12(8-27-21)20(25)14-7-13(2-3-18(14)24)30-11-15-16(22)9-26-10-17(15)23/h2-3,6-10,25H,4-5,11,24H2,1H3. The third-order valence-corrected chi connectivity index (χ3v) is 5.48. The van der Waals surface area contributed by atoms with Crippen LogP contribution in [0.5, 0.6) is 11.6 Å². The van der Waals surface area contributed by atoms with Gasteiger partial charge in [-0.15, -0.1) is 0 Å². The third kappa shape index (κ3) is 3.99. The second-order valence-corrected chi connectivity index (χ2v) is 7.63. The Morgan fingerprint density at radius 1 is 1.23 bits per heavy atom. The molecular weight excluding hydrogens is 425 g/mol. The Hall–Kier alpha value is -3.03. The number of aromatic nitrogens is 2. The van der Waals surface area contributed by atoms with Crippen molar-refractivity contribution in [1.82, 2.24) is 9.97 Å². The molecular formula is C21H19Cl2N5O2. The van der Waals surface area contributed by atoms with E-state index < -0.39 is 0 Å². The van der Waals surface area contributed by atoms with Gasteiger partial charge in [0.05, 0.1) is 22.3 Å². The summed E-state index contributed by atoms with van der Waals surface area (Å²) in [5, 5.41) is 9.53. The Bertz CT molecular complexity index is 1100. The number of rotatable bonds is 5. The molecule has 3 heterocycles. The second kappa shape index (κ2) is 8.38.